The Bertz CT molecular complexity index is 1910. The molecule has 2 aliphatic rings. The van der Waals surface area contributed by atoms with E-state index in [1.54, 1.807) is 0 Å². The molecule has 0 spiro atoms. The Kier molecular flexibility index (Phi) is 6.09. The van der Waals surface area contributed by atoms with Gasteiger partial charge in [0.2, 0.25) is 0 Å². The number of anilines is 3. The van der Waals surface area contributed by atoms with Crippen molar-refractivity contribution in [1.82, 2.24) is 0 Å². The Morgan fingerprint density at radius 2 is 1.26 bits per heavy atom. The van der Waals surface area contributed by atoms with Crippen LogP contribution < -0.4 is 25.3 Å². The van der Waals surface area contributed by atoms with E-state index in [0.717, 1.165) is 11.5 Å². The molecule has 0 aliphatic carbocycles. The molecule has 218 valence electrons. The van der Waals surface area contributed by atoms with Crippen molar-refractivity contribution >= 4 is 60.9 Å². The number of nitrogens with zero attached hydrogens (tertiary/aromatic N) is 1. The summed E-state index contributed by atoms with van der Waals surface area (Å²) in [5.74, 6) is 2.02. The van der Waals surface area contributed by atoms with E-state index in [2.05, 4.69) is 147 Å². The summed E-state index contributed by atoms with van der Waals surface area (Å²) in [6.07, 6.45) is 0. The quantitative estimate of drug-likeness (QED) is 0.179. The predicted molar refractivity (Wildman–Crippen MR) is 189 cm³/mol. The van der Waals surface area contributed by atoms with Crippen molar-refractivity contribution in [2.24, 2.45) is 0 Å². The zero-order valence-corrected chi connectivity index (χ0v) is 28.1. The minimum atomic E-state index is 0.0420. The van der Waals surface area contributed by atoms with Gasteiger partial charge in [-0.05, 0) is 98.8 Å². The second-order valence-corrected chi connectivity index (χ2v) is 16.7. The summed E-state index contributed by atoms with van der Waals surface area (Å²) in [4.78, 5) is 2.47. The first-order chi connectivity index (χ1) is 20.1. The van der Waals surface area contributed by atoms with Crippen LogP contribution in [0.25, 0.3) is 10.1 Å². The van der Waals surface area contributed by atoms with Gasteiger partial charge in [-0.15, -0.1) is 11.3 Å². The second kappa shape index (κ2) is 9.25. The van der Waals surface area contributed by atoms with Gasteiger partial charge in [0.25, 0.3) is 6.71 Å². The molecule has 4 heteroatoms. The normalized spacial score (nSPS) is 14.4. The molecule has 43 heavy (non-hydrogen) atoms. The van der Waals surface area contributed by atoms with Crippen LogP contribution in [0, 0.1) is 6.92 Å². The van der Waals surface area contributed by atoms with E-state index in [4.69, 9.17) is 4.74 Å². The molecule has 0 fully saturated rings. The molecule has 3 heterocycles. The van der Waals surface area contributed by atoms with Gasteiger partial charge in [-0.2, -0.15) is 0 Å². The molecule has 2 nitrogen and oxygen atoms in total. The standard InChI is InChI=1S/C39H42BNOS/c1-23-19-31-34-32(20-23)42-35-28-21-25(38(5,6)7)14-18-33(28)43-36(35)40(34)29-22-26(39(8,9)10)13-17-30(29)41(31)27-15-11-24(12-16-27)37(2,3)4/h11-22H,1-10H3. The maximum atomic E-state index is 6.97. The van der Waals surface area contributed by atoms with Gasteiger partial charge in [-0.25, -0.2) is 0 Å². The van der Waals surface area contributed by atoms with E-state index < -0.39 is 0 Å². The third-order valence-corrected chi connectivity index (χ3v) is 10.5. The van der Waals surface area contributed by atoms with Gasteiger partial charge in [0, 0.05) is 31.9 Å². The summed E-state index contributed by atoms with van der Waals surface area (Å²) in [5, 5.41) is 1.23. The predicted octanol–water partition coefficient (Wildman–Crippen LogP) is 9.51. The maximum Gasteiger partial charge on any atom is 0.268 e. The molecule has 0 unspecified atom stereocenters. The summed E-state index contributed by atoms with van der Waals surface area (Å²) >= 11 is 1.90. The highest BCUT2D eigenvalue weighted by atomic mass is 32.1. The fourth-order valence-electron chi connectivity index (χ4n) is 6.67. The van der Waals surface area contributed by atoms with Gasteiger partial charge in [0.1, 0.15) is 11.5 Å². The highest BCUT2D eigenvalue weighted by Crippen LogP contribution is 2.45. The lowest BCUT2D eigenvalue weighted by Gasteiger charge is -2.40. The summed E-state index contributed by atoms with van der Waals surface area (Å²) in [6.45, 7) is 22.9. The molecule has 0 bridgehead atoms. The van der Waals surface area contributed by atoms with E-state index in [9.17, 15) is 0 Å². The van der Waals surface area contributed by atoms with Crippen LogP contribution in [-0.2, 0) is 16.2 Å². The minimum Gasteiger partial charge on any atom is -0.457 e. The molecule has 2 aliphatic heterocycles. The molecule has 0 saturated carbocycles. The Labute approximate surface area is 261 Å². The van der Waals surface area contributed by atoms with Crippen molar-refractivity contribution in [2.75, 3.05) is 4.90 Å². The summed E-state index contributed by atoms with van der Waals surface area (Å²) < 4.78 is 9.57. The van der Waals surface area contributed by atoms with Crippen molar-refractivity contribution in [3.63, 3.8) is 0 Å². The lowest BCUT2D eigenvalue weighted by Crippen LogP contribution is -2.58. The first-order valence-electron chi connectivity index (χ1n) is 15.6. The minimum absolute atomic E-state index is 0.0420. The first kappa shape index (κ1) is 28.3. The Morgan fingerprint density at radius 1 is 0.651 bits per heavy atom. The molecule has 0 atom stereocenters. The number of hydrogen-bond acceptors (Lipinski definition) is 3. The number of fused-ring (bicyclic) bond motifs is 6. The van der Waals surface area contributed by atoms with Crippen molar-refractivity contribution in [2.45, 2.75) is 85.5 Å². The summed E-state index contributed by atoms with van der Waals surface area (Å²) in [7, 11) is 0. The molecule has 1 aromatic heterocycles. The molecule has 0 radical (unpaired) electrons. The molecule has 7 rings (SSSR count). The van der Waals surface area contributed by atoms with E-state index in [0.29, 0.717) is 0 Å². The number of rotatable bonds is 1. The maximum absolute atomic E-state index is 6.97. The van der Waals surface area contributed by atoms with Gasteiger partial charge >= 0.3 is 0 Å². The van der Waals surface area contributed by atoms with Gasteiger partial charge in [-0.3, -0.25) is 0 Å². The van der Waals surface area contributed by atoms with Crippen molar-refractivity contribution < 1.29 is 4.74 Å². The number of ether oxygens (including phenoxy) is 1. The van der Waals surface area contributed by atoms with Crippen LogP contribution in [0.1, 0.15) is 84.6 Å². The third kappa shape index (κ3) is 4.52. The zero-order chi connectivity index (χ0) is 30.6. The Morgan fingerprint density at radius 3 is 1.91 bits per heavy atom. The highest BCUT2D eigenvalue weighted by Gasteiger charge is 2.44. The van der Waals surface area contributed by atoms with Gasteiger partial charge in [-0.1, -0.05) is 92.6 Å². The molecular weight excluding hydrogens is 541 g/mol. The lowest BCUT2D eigenvalue weighted by molar-refractivity contribution is 0.494. The SMILES string of the molecule is Cc1cc2c3c(c1)N(c1ccc(C(C)(C)C)cc1)c1ccc(C(C)(C)C)cc1B3c1sc3ccc(C(C)(C)C)cc3c1O2. The monoisotopic (exact) mass is 583 g/mol. The highest BCUT2D eigenvalue weighted by molar-refractivity contribution is 7.33. The fraction of sp³-hybridized carbons (Fsp3) is 0.333. The Balaban J connectivity index is 1.52. The first-order valence-corrected chi connectivity index (χ1v) is 16.4. The topological polar surface area (TPSA) is 12.5 Å². The average Bonchev–Trinajstić information content (AvgIpc) is 3.28. The number of benzene rings is 4. The Hall–Kier alpha value is -3.50. The lowest BCUT2D eigenvalue weighted by atomic mass is 9.36. The van der Waals surface area contributed by atoms with Crippen LogP contribution >= 0.6 is 11.3 Å². The van der Waals surface area contributed by atoms with E-state index >= 15 is 0 Å². The number of thiophene rings is 1. The molecule has 0 saturated heterocycles. The summed E-state index contributed by atoms with van der Waals surface area (Å²) in [6, 6.07) is 27.9. The fourth-order valence-corrected chi connectivity index (χ4v) is 7.91. The van der Waals surface area contributed by atoms with E-state index in [-0.39, 0.29) is 23.0 Å². The molecule has 0 N–H and O–H groups in total. The van der Waals surface area contributed by atoms with Crippen LogP contribution in [0.3, 0.4) is 0 Å². The molecular formula is C39H42BNOS. The van der Waals surface area contributed by atoms with Gasteiger partial charge in [0.05, 0.1) is 0 Å². The average molecular weight is 584 g/mol. The molecule has 5 aromatic rings. The van der Waals surface area contributed by atoms with Crippen molar-refractivity contribution in [3.8, 4) is 11.5 Å². The summed E-state index contributed by atoms with van der Waals surface area (Å²) in [5.41, 5.74) is 11.7. The molecule has 0 amide bonds. The largest absolute Gasteiger partial charge is 0.457 e. The zero-order valence-electron chi connectivity index (χ0n) is 27.3. The van der Waals surface area contributed by atoms with Crippen LogP contribution in [0.4, 0.5) is 17.1 Å². The van der Waals surface area contributed by atoms with Crippen LogP contribution in [0.5, 0.6) is 11.5 Å². The van der Waals surface area contributed by atoms with E-state index in [1.165, 1.54) is 65.1 Å². The third-order valence-electron chi connectivity index (χ3n) is 9.24. The smallest absolute Gasteiger partial charge is 0.268 e. The molecule has 4 aromatic carbocycles. The van der Waals surface area contributed by atoms with Gasteiger partial charge in [0.15, 0.2) is 0 Å². The second-order valence-electron chi connectivity index (χ2n) is 15.6. The van der Waals surface area contributed by atoms with Crippen LogP contribution in [0.2, 0.25) is 0 Å². The van der Waals surface area contributed by atoms with E-state index in [1.807, 2.05) is 11.3 Å². The number of aryl methyl sites for hydroxylation is 1. The van der Waals surface area contributed by atoms with Crippen LogP contribution in [-0.4, -0.2) is 6.71 Å². The van der Waals surface area contributed by atoms with Gasteiger partial charge < -0.3 is 9.64 Å². The number of hydrogen-bond donors (Lipinski definition) is 0. The van der Waals surface area contributed by atoms with Crippen molar-refractivity contribution in [3.05, 3.63) is 95.1 Å². The van der Waals surface area contributed by atoms with Crippen LogP contribution in [0.15, 0.2) is 72.8 Å². The van der Waals surface area contributed by atoms with Crippen molar-refractivity contribution in [1.29, 1.82) is 0 Å².